The highest BCUT2D eigenvalue weighted by molar-refractivity contribution is 5.97. The first-order valence-corrected chi connectivity index (χ1v) is 6.03. The molecule has 0 fully saturated rings. The van der Waals surface area contributed by atoms with Gasteiger partial charge in [0.2, 0.25) is 0 Å². The first-order valence-electron chi connectivity index (χ1n) is 6.03. The molecule has 1 heterocycles. The van der Waals surface area contributed by atoms with Crippen LogP contribution in [0.3, 0.4) is 0 Å². The molecule has 0 aliphatic rings. The molecule has 0 saturated carbocycles. The van der Waals surface area contributed by atoms with Gasteiger partial charge < -0.3 is 9.88 Å². The molecule has 1 N–H and O–H groups in total. The third kappa shape index (κ3) is 2.37. The summed E-state index contributed by atoms with van der Waals surface area (Å²) < 4.78 is 2.01. The number of nitrogens with zero attached hydrogens (tertiary/aromatic N) is 2. The molecule has 4 heteroatoms. The Morgan fingerprint density at radius 2 is 2.00 bits per heavy atom. The zero-order valence-electron chi connectivity index (χ0n) is 11.5. The van der Waals surface area contributed by atoms with Crippen LogP contribution >= 0.6 is 0 Å². The van der Waals surface area contributed by atoms with E-state index >= 15 is 0 Å². The highest BCUT2D eigenvalue weighted by Crippen LogP contribution is 2.16. The summed E-state index contributed by atoms with van der Waals surface area (Å²) in [5, 5.41) is 2.95. The zero-order chi connectivity index (χ0) is 13.5. The van der Waals surface area contributed by atoms with Gasteiger partial charge in [0.05, 0.1) is 11.0 Å². The van der Waals surface area contributed by atoms with Crippen LogP contribution in [0.1, 0.15) is 37.0 Å². The highest BCUT2D eigenvalue weighted by Gasteiger charge is 2.16. The average molecular weight is 245 g/mol. The quantitative estimate of drug-likeness (QED) is 0.838. The minimum atomic E-state index is -0.230. The molecule has 1 amide bonds. The fraction of sp³-hybridized carbons (Fsp3) is 0.429. The molecule has 0 aliphatic carbocycles. The summed E-state index contributed by atoms with van der Waals surface area (Å²) in [6.07, 6.45) is 0. The van der Waals surface area contributed by atoms with Crippen LogP contribution in [0.4, 0.5) is 0 Å². The molecule has 4 nitrogen and oxygen atoms in total. The monoisotopic (exact) mass is 245 g/mol. The Hall–Kier alpha value is -1.84. The molecule has 0 spiro atoms. The van der Waals surface area contributed by atoms with Crippen molar-refractivity contribution < 1.29 is 4.79 Å². The highest BCUT2D eigenvalue weighted by atomic mass is 16.1. The van der Waals surface area contributed by atoms with E-state index in [2.05, 4.69) is 10.3 Å². The molecular formula is C14H19N3O. The van der Waals surface area contributed by atoms with Gasteiger partial charge in [-0.15, -0.1) is 0 Å². The summed E-state index contributed by atoms with van der Waals surface area (Å²) in [5.74, 6) is 0.881. The molecular weight excluding hydrogens is 226 g/mol. The lowest BCUT2D eigenvalue weighted by atomic mass is 10.1. The van der Waals surface area contributed by atoms with Crippen LogP contribution in [-0.2, 0) is 7.05 Å². The van der Waals surface area contributed by atoms with Crippen molar-refractivity contribution >= 4 is 16.9 Å². The number of hydrogen-bond acceptors (Lipinski definition) is 2. The second-order valence-electron chi connectivity index (χ2n) is 5.63. The van der Waals surface area contributed by atoms with Crippen LogP contribution in [0.2, 0.25) is 0 Å². The Bertz CT molecular complexity index is 605. The maximum atomic E-state index is 12.1. The van der Waals surface area contributed by atoms with Gasteiger partial charge in [-0.1, -0.05) is 0 Å². The number of benzene rings is 1. The number of carbonyl (C=O) groups is 1. The normalized spacial score (nSPS) is 11.8. The first kappa shape index (κ1) is 12.6. The van der Waals surface area contributed by atoms with E-state index in [0.717, 1.165) is 16.9 Å². The predicted molar refractivity (Wildman–Crippen MR) is 72.7 cm³/mol. The number of aromatic nitrogens is 2. The van der Waals surface area contributed by atoms with Crippen molar-refractivity contribution in [3.63, 3.8) is 0 Å². The van der Waals surface area contributed by atoms with Crippen molar-refractivity contribution in [3.8, 4) is 0 Å². The largest absolute Gasteiger partial charge is 0.347 e. The SMILES string of the molecule is Cc1nc2cc(C(=O)NC(C)(C)C)ccc2n1C. The van der Waals surface area contributed by atoms with E-state index in [0.29, 0.717) is 5.56 Å². The summed E-state index contributed by atoms with van der Waals surface area (Å²) in [6.45, 7) is 7.85. The van der Waals surface area contributed by atoms with E-state index in [1.165, 1.54) is 0 Å². The van der Waals surface area contributed by atoms with Crippen molar-refractivity contribution in [1.82, 2.24) is 14.9 Å². The summed E-state index contributed by atoms with van der Waals surface area (Å²) in [6, 6.07) is 5.61. The van der Waals surface area contributed by atoms with Gasteiger partial charge in [0, 0.05) is 18.2 Å². The predicted octanol–water partition coefficient (Wildman–Crippen LogP) is 2.41. The Morgan fingerprint density at radius 3 is 2.61 bits per heavy atom. The van der Waals surface area contributed by atoms with Crippen LogP contribution < -0.4 is 5.32 Å². The van der Waals surface area contributed by atoms with Crippen molar-refractivity contribution in [3.05, 3.63) is 29.6 Å². The third-order valence-corrected chi connectivity index (χ3v) is 2.86. The van der Waals surface area contributed by atoms with E-state index in [1.807, 2.05) is 57.5 Å². The molecule has 2 rings (SSSR count). The Labute approximate surface area is 107 Å². The van der Waals surface area contributed by atoms with Crippen molar-refractivity contribution in [2.45, 2.75) is 33.2 Å². The average Bonchev–Trinajstić information content (AvgIpc) is 2.52. The van der Waals surface area contributed by atoms with E-state index < -0.39 is 0 Å². The number of imidazole rings is 1. The van der Waals surface area contributed by atoms with Crippen molar-refractivity contribution in [1.29, 1.82) is 0 Å². The van der Waals surface area contributed by atoms with Gasteiger partial charge in [-0.3, -0.25) is 4.79 Å². The molecule has 0 radical (unpaired) electrons. The molecule has 0 unspecified atom stereocenters. The summed E-state index contributed by atoms with van der Waals surface area (Å²) in [5.41, 5.74) is 2.32. The van der Waals surface area contributed by atoms with Gasteiger partial charge >= 0.3 is 0 Å². The number of rotatable bonds is 1. The van der Waals surface area contributed by atoms with Gasteiger partial charge in [0.1, 0.15) is 5.82 Å². The van der Waals surface area contributed by atoms with Gasteiger partial charge in [-0.05, 0) is 45.9 Å². The summed E-state index contributed by atoms with van der Waals surface area (Å²) in [7, 11) is 1.97. The van der Waals surface area contributed by atoms with Crippen LogP contribution in [0, 0.1) is 6.92 Å². The van der Waals surface area contributed by atoms with Crippen LogP contribution in [0.25, 0.3) is 11.0 Å². The molecule has 1 aromatic heterocycles. The fourth-order valence-corrected chi connectivity index (χ4v) is 1.87. The maximum absolute atomic E-state index is 12.1. The lowest BCUT2D eigenvalue weighted by Crippen LogP contribution is -2.40. The molecule has 0 atom stereocenters. The van der Waals surface area contributed by atoms with Gasteiger partial charge in [0.15, 0.2) is 0 Å². The minimum Gasteiger partial charge on any atom is -0.347 e. The van der Waals surface area contributed by atoms with E-state index in [9.17, 15) is 4.79 Å². The van der Waals surface area contributed by atoms with Crippen molar-refractivity contribution in [2.75, 3.05) is 0 Å². The summed E-state index contributed by atoms with van der Waals surface area (Å²) >= 11 is 0. The maximum Gasteiger partial charge on any atom is 0.251 e. The van der Waals surface area contributed by atoms with Gasteiger partial charge in [0.25, 0.3) is 5.91 Å². The number of hydrogen-bond donors (Lipinski definition) is 1. The van der Waals surface area contributed by atoms with Crippen LogP contribution in [0.15, 0.2) is 18.2 Å². The van der Waals surface area contributed by atoms with E-state index in [1.54, 1.807) is 0 Å². The number of carbonyl (C=O) groups excluding carboxylic acids is 1. The second kappa shape index (κ2) is 4.12. The number of aryl methyl sites for hydroxylation is 2. The molecule has 0 saturated heterocycles. The minimum absolute atomic E-state index is 0.0623. The number of nitrogens with one attached hydrogen (secondary N) is 1. The Kier molecular flexibility index (Phi) is 2.89. The smallest absolute Gasteiger partial charge is 0.251 e. The van der Waals surface area contributed by atoms with E-state index in [-0.39, 0.29) is 11.4 Å². The van der Waals surface area contributed by atoms with Gasteiger partial charge in [-0.2, -0.15) is 0 Å². The topological polar surface area (TPSA) is 46.9 Å². The fourth-order valence-electron chi connectivity index (χ4n) is 1.87. The lowest BCUT2D eigenvalue weighted by molar-refractivity contribution is 0.0919. The Morgan fingerprint density at radius 1 is 1.33 bits per heavy atom. The van der Waals surface area contributed by atoms with Crippen LogP contribution in [-0.4, -0.2) is 21.0 Å². The molecule has 96 valence electrons. The standard InChI is InChI=1S/C14H19N3O/c1-9-15-11-8-10(6-7-12(11)17(9)5)13(18)16-14(2,3)4/h6-8H,1-5H3,(H,16,18). The lowest BCUT2D eigenvalue weighted by Gasteiger charge is -2.20. The number of fused-ring (bicyclic) bond motifs is 1. The van der Waals surface area contributed by atoms with Crippen molar-refractivity contribution in [2.24, 2.45) is 7.05 Å². The summed E-state index contributed by atoms with van der Waals surface area (Å²) in [4.78, 5) is 16.5. The second-order valence-corrected chi connectivity index (χ2v) is 5.63. The first-order chi connectivity index (χ1) is 8.28. The molecule has 1 aromatic carbocycles. The Balaban J connectivity index is 2.39. The molecule has 18 heavy (non-hydrogen) atoms. The molecule has 0 aliphatic heterocycles. The number of amides is 1. The molecule has 0 bridgehead atoms. The third-order valence-electron chi connectivity index (χ3n) is 2.86. The van der Waals surface area contributed by atoms with E-state index in [4.69, 9.17) is 0 Å². The van der Waals surface area contributed by atoms with Crippen LogP contribution in [0.5, 0.6) is 0 Å². The zero-order valence-corrected chi connectivity index (χ0v) is 11.5. The van der Waals surface area contributed by atoms with Gasteiger partial charge in [-0.25, -0.2) is 4.98 Å². The molecule has 2 aromatic rings.